The molecule has 1 saturated heterocycles. The zero-order chi connectivity index (χ0) is 22.3. The highest BCUT2D eigenvalue weighted by atomic mass is 35.5. The second kappa shape index (κ2) is 10.9. The lowest BCUT2D eigenvalue weighted by Crippen LogP contribution is -2.37. The number of hydrogen-bond donors (Lipinski definition) is 2. The molecule has 2 aromatic rings. The molecule has 0 saturated carbocycles. The highest BCUT2D eigenvalue weighted by Crippen LogP contribution is 2.24. The molecule has 2 N–H and O–H groups in total. The number of aromatic nitrogens is 1. The molecule has 2 atom stereocenters. The molecule has 1 aromatic carbocycles. The number of aliphatic carboxylic acids is 1. The maximum atomic E-state index is 12.8. The minimum atomic E-state index is -3.66. The molecule has 31 heavy (non-hydrogen) atoms. The molecule has 1 aliphatic rings. The van der Waals surface area contributed by atoms with Gasteiger partial charge in [-0.3, -0.25) is 14.7 Å². The standard InChI is InChI=1S/C22H26ClN3O4S/c23-17-9-11-21(12-10-17)31(29,30)25-19-14-20(7-2-1-3-8-22(27)28)26(16-19)15-18-6-4-5-13-24-18/h2,4-7,9-13,19-20,25H,1,3,8,14-16H2,(H,27,28)/t19-,20-/m1/s1. The first kappa shape index (κ1) is 23.4. The lowest BCUT2D eigenvalue weighted by molar-refractivity contribution is -0.137. The number of allylic oxidation sites excluding steroid dienone is 1. The number of sulfonamides is 1. The molecule has 1 aromatic heterocycles. The van der Waals surface area contributed by atoms with E-state index in [1.54, 1.807) is 18.3 Å². The van der Waals surface area contributed by atoms with E-state index in [-0.39, 0.29) is 23.4 Å². The van der Waals surface area contributed by atoms with E-state index < -0.39 is 16.0 Å². The van der Waals surface area contributed by atoms with E-state index in [0.29, 0.717) is 37.4 Å². The number of likely N-dealkylation sites (tertiary alicyclic amines) is 1. The topological polar surface area (TPSA) is 99.6 Å². The van der Waals surface area contributed by atoms with Crippen LogP contribution in [0.25, 0.3) is 0 Å². The quantitative estimate of drug-likeness (QED) is 0.413. The normalized spacial score (nSPS) is 19.8. The van der Waals surface area contributed by atoms with Crippen LogP contribution >= 0.6 is 11.6 Å². The summed E-state index contributed by atoms with van der Waals surface area (Å²) >= 11 is 5.87. The summed E-state index contributed by atoms with van der Waals surface area (Å²) in [4.78, 5) is 17.4. The highest BCUT2D eigenvalue weighted by Gasteiger charge is 2.33. The van der Waals surface area contributed by atoms with Crippen molar-refractivity contribution in [2.24, 2.45) is 0 Å². The highest BCUT2D eigenvalue weighted by molar-refractivity contribution is 7.89. The smallest absolute Gasteiger partial charge is 0.303 e. The summed E-state index contributed by atoms with van der Waals surface area (Å²) in [6.07, 6.45) is 7.76. The van der Waals surface area contributed by atoms with Crippen molar-refractivity contribution in [3.05, 3.63) is 71.5 Å². The molecular weight excluding hydrogens is 438 g/mol. The molecule has 0 amide bonds. The molecular formula is C22H26ClN3O4S. The summed E-state index contributed by atoms with van der Waals surface area (Å²) < 4.78 is 28.4. The van der Waals surface area contributed by atoms with Crippen molar-refractivity contribution in [1.29, 1.82) is 0 Å². The number of halogens is 1. The van der Waals surface area contributed by atoms with E-state index in [2.05, 4.69) is 14.6 Å². The van der Waals surface area contributed by atoms with Crippen molar-refractivity contribution < 1.29 is 18.3 Å². The van der Waals surface area contributed by atoms with Gasteiger partial charge in [-0.15, -0.1) is 0 Å². The number of unbranched alkanes of at least 4 members (excludes halogenated alkanes) is 1. The van der Waals surface area contributed by atoms with Gasteiger partial charge in [-0.05, 0) is 55.7 Å². The predicted molar refractivity (Wildman–Crippen MR) is 119 cm³/mol. The van der Waals surface area contributed by atoms with E-state index in [1.807, 2.05) is 30.4 Å². The molecule has 9 heteroatoms. The molecule has 166 valence electrons. The largest absolute Gasteiger partial charge is 0.481 e. The first-order valence-corrected chi connectivity index (χ1v) is 12.0. The summed E-state index contributed by atoms with van der Waals surface area (Å²) in [6, 6.07) is 11.6. The Bertz CT molecular complexity index is 997. The van der Waals surface area contributed by atoms with Gasteiger partial charge in [-0.1, -0.05) is 29.8 Å². The molecule has 2 heterocycles. The summed E-state index contributed by atoms with van der Waals surface area (Å²) in [5, 5.41) is 9.25. The SMILES string of the molecule is O=C(O)CCCC=C[C@@H]1C[C@@H](NS(=O)(=O)c2ccc(Cl)cc2)CN1Cc1ccccn1. The molecule has 7 nitrogen and oxygen atoms in total. The molecule has 0 spiro atoms. The van der Waals surface area contributed by atoms with Gasteiger partial charge in [0, 0.05) is 42.8 Å². The number of benzene rings is 1. The van der Waals surface area contributed by atoms with Crippen molar-refractivity contribution in [2.75, 3.05) is 6.54 Å². The molecule has 0 aliphatic carbocycles. The van der Waals surface area contributed by atoms with Crippen LogP contribution in [0.3, 0.4) is 0 Å². The number of carboxylic acids is 1. The zero-order valence-corrected chi connectivity index (χ0v) is 18.6. The van der Waals surface area contributed by atoms with Crippen LogP contribution in [0.1, 0.15) is 31.4 Å². The van der Waals surface area contributed by atoms with Crippen LogP contribution in [0.2, 0.25) is 5.02 Å². The van der Waals surface area contributed by atoms with Crippen LogP contribution < -0.4 is 4.72 Å². The summed E-state index contributed by atoms with van der Waals surface area (Å²) in [6.45, 7) is 1.15. The molecule has 0 unspecified atom stereocenters. The van der Waals surface area contributed by atoms with Crippen LogP contribution in [0.15, 0.2) is 65.7 Å². The first-order chi connectivity index (χ1) is 14.8. The zero-order valence-electron chi connectivity index (χ0n) is 17.0. The average molecular weight is 464 g/mol. The van der Waals surface area contributed by atoms with Gasteiger partial charge in [0.25, 0.3) is 0 Å². The van der Waals surface area contributed by atoms with Crippen LogP contribution in [-0.2, 0) is 21.4 Å². The third-order valence-corrected chi connectivity index (χ3v) is 6.89. The number of carbonyl (C=O) groups is 1. The van der Waals surface area contributed by atoms with Gasteiger partial charge in [0.2, 0.25) is 10.0 Å². The molecule has 0 bridgehead atoms. The minimum absolute atomic E-state index is 0.0322. The van der Waals surface area contributed by atoms with Crippen molar-refractivity contribution in [1.82, 2.24) is 14.6 Å². The Morgan fingerprint density at radius 3 is 2.71 bits per heavy atom. The maximum Gasteiger partial charge on any atom is 0.303 e. The Kier molecular flexibility index (Phi) is 8.20. The molecule has 3 rings (SSSR count). The first-order valence-electron chi connectivity index (χ1n) is 10.1. The number of carboxylic acid groups (broad SMARTS) is 1. The number of nitrogens with one attached hydrogen (secondary N) is 1. The Hall–Kier alpha value is -2.26. The molecule has 0 radical (unpaired) electrons. The second-order valence-electron chi connectivity index (χ2n) is 7.54. The van der Waals surface area contributed by atoms with E-state index in [0.717, 1.165) is 5.69 Å². The van der Waals surface area contributed by atoms with Gasteiger partial charge < -0.3 is 5.11 Å². The lowest BCUT2D eigenvalue weighted by Gasteiger charge is -2.21. The van der Waals surface area contributed by atoms with Crippen LogP contribution in [0.4, 0.5) is 0 Å². The number of nitrogens with zero attached hydrogens (tertiary/aromatic N) is 2. The Morgan fingerprint density at radius 2 is 2.03 bits per heavy atom. The van der Waals surface area contributed by atoms with Crippen molar-refractivity contribution in [2.45, 2.75) is 49.2 Å². The van der Waals surface area contributed by atoms with Gasteiger partial charge in [0.1, 0.15) is 0 Å². The monoisotopic (exact) mass is 463 g/mol. The number of hydrogen-bond acceptors (Lipinski definition) is 5. The lowest BCUT2D eigenvalue weighted by atomic mass is 10.1. The average Bonchev–Trinajstić information content (AvgIpc) is 3.08. The maximum absolute atomic E-state index is 12.8. The summed E-state index contributed by atoms with van der Waals surface area (Å²) in [5.41, 5.74) is 0.910. The van der Waals surface area contributed by atoms with E-state index in [1.165, 1.54) is 12.1 Å². The van der Waals surface area contributed by atoms with Gasteiger partial charge in [0.15, 0.2) is 0 Å². The fourth-order valence-corrected chi connectivity index (χ4v) is 4.99. The second-order valence-corrected chi connectivity index (χ2v) is 9.69. The summed E-state index contributed by atoms with van der Waals surface area (Å²) in [5.74, 6) is -0.803. The third-order valence-electron chi connectivity index (χ3n) is 5.11. The van der Waals surface area contributed by atoms with E-state index in [9.17, 15) is 13.2 Å². The van der Waals surface area contributed by atoms with Crippen LogP contribution in [0, 0.1) is 0 Å². The Labute approximate surface area is 187 Å². The number of pyridine rings is 1. The van der Waals surface area contributed by atoms with Gasteiger partial charge in [-0.2, -0.15) is 0 Å². The predicted octanol–water partition coefficient (Wildman–Crippen LogP) is 3.47. The fraction of sp³-hybridized carbons (Fsp3) is 0.364. The minimum Gasteiger partial charge on any atom is -0.481 e. The van der Waals surface area contributed by atoms with Crippen molar-refractivity contribution in [3.63, 3.8) is 0 Å². The van der Waals surface area contributed by atoms with Crippen molar-refractivity contribution >= 4 is 27.6 Å². The van der Waals surface area contributed by atoms with Gasteiger partial charge >= 0.3 is 5.97 Å². The summed E-state index contributed by atoms with van der Waals surface area (Å²) in [7, 11) is -3.66. The van der Waals surface area contributed by atoms with Crippen molar-refractivity contribution in [3.8, 4) is 0 Å². The van der Waals surface area contributed by atoms with Crippen LogP contribution in [0.5, 0.6) is 0 Å². The third kappa shape index (κ3) is 7.14. The van der Waals surface area contributed by atoms with Gasteiger partial charge in [0.05, 0.1) is 10.6 Å². The Morgan fingerprint density at radius 1 is 1.26 bits per heavy atom. The molecule has 1 aliphatic heterocycles. The fourth-order valence-electron chi connectivity index (χ4n) is 3.63. The van der Waals surface area contributed by atoms with Crippen LogP contribution in [-0.4, -0.2) is 48.0 Å². The van der Waals surface area contributed by atoms with E-state index in [4.69, 9.17) is 16.7 Å². The molecule has 1 fully saturated rings. The number of rotatable bonds is 10. The van der Waals surface area contributed by atoms with E-state index >= 15 is 0 Å². The Balaban J connectivity index is 1.68. The van der Waals surface area contributed by atoms with Gasteiger partial charge in [-0.25, -0.2) is 13.1 Å².